The van der Waals surface area contributed by atoms with Gasteiger partial charge >= 0.3 is 5.97 Å². The lowest BCUT2D eigenvalue weighted by Crippen LogP contribution is -2.60. The van der Waals surface area contributed by atoms with Crippen LogP contribution in [0.3, 0.4) is 0 Å². The monoisotopic (exact) mass is 462 g/mol. The Morgan fingerprint density at radius 2 is 1.28 bits per heavy atom. The van der Waals surface area contributed by atoms with Crippen molar-refractivity contribution < 1.29 is 44.1 Å². The minimum Gasteiger partial charge on any atom is -0.480 e. The van der Waals surface area contributed by atoms with Crippen molar-refractivity contribution in [1.29, 1.82) is 0 Å². The van der Waals surface area contributed by atoms with Gasteiger partial charge in [0.1, 0.15) is 24.2 Å². The van der Waals surface area contributed by atoms with Crippen LogP contribution < -0.4 is 33.2 Å². The van der Waals surface area contributed by atoms with Crippen LogP contribution in [0.5, 0.6) is 0 Å². The molecule has 5 amide bonds. The fraction of sp³-hybridized carbons (Fsp3) is 0.647. The van der Waals surface area contributed by atoms with Gasteiger partial charge in [-0.25, -0.2) is 4.79 Å². The Hall–Kier alpha value is -3.30. The van der Waals surface area contributed by atoms with Crippen LogP contribution in [0.25, 0.3) is 0 Å². The van der Waals surface area contributed by atoms with Crippen LogP contribution in [0.4, 0.5) is 0 Å². The number of aliphatic hydroxyl groups is 2. The molecular formula is C17H30N6O9. The maximum atomic E-state index is 12.6. The van der Waals surface area contributed by atoms with Crippen LogP contribution in [-0.4, -0.2) is 87.7 Å². The fourth-order valence-corrected chi connectivity index (χ4v) is 2.38. The van der Waals surface area contributed by atoms with Crippen molar-refractivity contribution in [3.05, 3.63) is 0 Å². The van der Waals surface area contributed by atoms with Gasteiger partial charge in [-0.3, -0.25) is 24.0 Å². The van der Waals surface area contributed by atoms with E-state index in [0.29, 0.717) is 0 Å². The molecule has 0 fully saturated rings. The van der Waals surface area contributed by atoms with Gasteiger partial charge in [0.2, 0.25) is 29.5 Å². The number of nitrogens with one attached hydrogen (secondary N) is 3. The smallest absolute Gasteiger partial charge is 0.326 e. The first-order valence-electron chi connectivity index (χ1n) is 9.55. The van der Waals surface area contributed by atoms with Gasteiger partial charge in [0.05, 0.1) is 12.7 Å². The van der Waals surface area contributed by atoms with Crippen molar-refractivity contribution in [1.82, 2.24) is 16.0 Å². The third-order valence-corrected chi connectivity index (χ3v) is 4.20. The number of aliphatic carboxylic acids is 1. The van der Waals surface area contributed by atoms with Crippen molar-refractivity contribution >= 4 is 35.5 Å². The number of aliphatic hydroxyl groups excluding tert-OH is 2. The van der Waals surface area contributed by atoms with E-state index in [9.17, 15) is 39.0 Å². The third-order valence-electron chi connectivity index (χ3n) is 4.20. The van der Waals surface area contributed by atoms with Gasteiger partial charge in [-0.15, -0.1) is 0 Å². The van der Waals surface area contributed by atoms with Gasteiger partial charge in [0.15, 0.2) is 0 Å². The first-order chi connectivity index (χ1) is 14.8. The molecule has 0 saturated carbocycles. The number of hydrogen-bond acceptors (Lipinski definition) is 9. The predicted molar refractivity (Wildman–Crippen MR) is 107 cm³/mol. The summed E-state index contributed by atoms with van der Waals surface area (Å²) < 4.78 is 0. The number of carbonyl (C=O) groups excluding carboxylic acids is 5. The molecule has 0 aliphatic heterocycles. The number of carbonyl (C=O) groups is 6. The lowest BCUT2D eigenvalue weighted by molar-refractivity contribution is -0.143. The lowest BCUT2D eigenvalue weighted by Gasteiger charge is -2.26. The Balaban J connectivity index is 5.42. The number of amides is 5. The molecule has 5 atom stereocenters. The Kier molecular flexibility index (Phi) is 12.5. The summed E-state index contributed by atoms with van der Waals surface area (Å²) in [6, 6.07) is -5.96. The molecule has 12 N–H and O–H groups in total. The molecule has 0 spiro atoms. The molecule has 0 bridgehead atoms. The molecule has 0 aliphatic carbocycles. The van der Waals surface area contributed by atoms with Crippen molar-refractivity contribution in [2.45, 2.75) is 62.9 Å². The van der Waals surface area contributed by atoms with E-state index in [4.69, 9.17) is 22.3 Å². The summed E-state index contributed by atoms with van der Waals surface area (Å²) in [5.74, 6) is -6.06. The highest BCUT2D eigenvalue weighted by Crippen LogP contribution is 2.04. The summed E-state index contributed by atoms with van der Waals surface area (Å²) in [5.41, 5.74) is 15.4. The Labute approximate surface area is 183 Å². The summed E-state index contributed by atoms with van der Waals surface area (Å²) in [6.07, 6.45) is -2.78. The van der Waals surface area contributed by atoms with Crippen molar-refractivity contribution in [2.75, 3.05) is 6.61 Å². The SMILES string of the molecule is CC(O)C(NC(=O)C(CCC(N)=O)NC(=O)C(N)CO)C(=O)NC(CCC(N)=O)C(=O)O. The second kappa shape index (κ2) is 13.9. The summed E-state index contributed by atoms with van der Waals surface area (Å²) in [5, 5.41) is 34.5. The molecule has 0 aliphatic rings. The zero-order valence-corrected chi connectivity index (χ0v) is 17.4. The van der Waals surface area contributed by atoms with E-state index in [0.717, 1.165) is 6.92 Å². The average molecular weight is 462 g/mol. The second-order valence-electron chi connectivity index (χ2n) is 6.99. The van der Waals surface area contributed by atoms with Gasteiger partial charge in [-0.05, 0) is 19.8 Å². The molecule has 0 rings (SSSR count). The second-order valence-corrected chi connectivity index (χ2v) is 6.99. The highest BCUT2D eigenvalue weighted by atomic mass is 16.4. The summed E-state index contributed by atoms with van der Waals surface area (Å²) in [4.78, 5) is 70.2. The minimum atomic E-state index is -1.66. The van der Waals surface area contributed by atoms with Crippen molar-refractivity contribution in [3.63, 3.8) is 0 Å². The van der Waals surface area contributed by atoms with E-state index < -0.39 is 72.4 Å². The predicted octanol–water partition coefficient (Wildman–Crippen LogP) is -5.24. The Morgan fingerprint density at radius 1 is 0.812 bits per heavy atom. The van der Waals surface area contributed by atoms with E-state index in [1.165, 1.54) is 0 Å². The first-order valence-corrected chi connectivity index (χ1v) is 9.55. The topological polar surface area (TPSA) is 277 Å². The number of hydrogen-bond donors (Lipinski definition) is 9. The molecule has 0 aromatic rings. The number of carboxylic acids is 1. The highest BCUT2D eigenvalue weighted by Gasteiger charge is 2.32. The van der Waals surface area contributed by atoms with Crippen LogP contribution in [-0.2, 0) is 28.8 Å². The van der Waals surface area contributed by atoms with E-state index in [2.05, 4.69) is 16.0 Å². The van der Waals surface area contributed by atoms with Crippen molar-refractivity contribution in [2.24, 2.45) is 17.2 Å². The van der Waals surface area contributed by atoms with Crippen LogP contribution in [0.15, 0.2) is 0 Å². The molecule has 32 heavy (non-hydrogen) atoms. The Bertz CT molecular complexity index is 715. The third kappa shape index (κ3) is 10.6. The van der Waals surface area contributed by atoms with E-state index in [-0.39, 0.29) is 25.7 Å². The maximum absolute atomic E-state index is 12.6. The average Bonchev–Trinajstić information content (AvgIpc) is 2.70. The first kappa shape index (κ1) is 28.7. The molecule has 15 heteroatoms. The van der Waals surface area contributed by atoms with Crippen molar-refractivity contribution in [3.8, 4) is 0 Å². The standard InChI is InChI=1S/C17H30N6O9/c1-7(25)13(16(30)22-10(17(31)32)3-5-12(20)27)23-15(29)9(2-4-11(19)26)21-14(28)8(18)6-24/h7-10,13,24-25H,2-6,18H2,1H3,(H2,19,26)(H2,20,27)(H,21,28)(H,22,30)(H,23,29)(H,31,32). The van der Waals surface area contributed by atoms with E-state index >= 15 is 0 Å². The summed E-state index contributed by atoms with van der Waals surface area (Å²) in [6.45, 7) is 0.416. The highest BCUT2D eigenvalue weighted by molar-refractivity contribution is 5.94. The van der Waals surface area contributed by atoms with Gasteiger partial charge in [-0.2, -0.15) is 0 Å². The lowest BCUT2D eigenvalue weighted by atomic mass is 10.1. The van der Waals surface area contributed by atoms with Crippen LogP contribution in [0.2, 0.25) is 0 Å². The van der Waals surface area contributed by atoms with Gasteiger partial charge in [0, 0.05) is 12.8 Å². The molecule has 182 valence electrons. The number of rotatable bonds is 15. The molecule has 15 nitrogen and oxygen atoms in total. The number of nitrogens with two attached hydrogens (primary N) is 3. The molecule has 0 heterocycles. The molecule has 0 aromatic carbocycles. The van der Waals surface area contributed by atoms with E-state index in [1.54, 1.807) is 0 Å². The van der Waals surface area contributed by atoms with Gasteiger partial charge in [0.25, 0.3) is 0 Å². The van der Waals surface area contributed by atoms with Gasteiger partial charge < -0.3 is 48.5 Å². The number of carboxylic acid groups (broad SMARTS) is 1. The normalized spacial score (nSPS) is 15.4. The zero-order valence-electron chi connectivity index (χ0n) is 17.4. The maximum Gasteiger partial charge on any atom is 0.326 e. The largest absolute Gasteiger partial charge is 0.480 e. The molecule has 0 radical (unpaired) electrons. The number of primary amides is 2. The molecule has 0 aromatic heterocycles. The minimum absolute atomic E-state index is 0.282. The summed E-state index contributed by atoms with van der Waals surface area (Å²) in [7, 11) is 0. The Morgan fingerprint density at radius 3 is 1.69 bits per heavy atom. The summed E-state index contributed by atoms with van der Waals surface area (Å²) >= 11 is 0. The quantitative estimate of drug-likeness (QED) is 0.111. The zero-order chi connectivity index (χ0) is 25.0. The van der Waals surface area contributed by atoms with E-state index in [1.807, 2.05) is 0 Å². The van der Waals surface area contributed by atoms with Crippen LogP contribution in [0, 0.1) is 0 Å². The molecule has 5 unspecified atom stereocenters. The molecular weight excluding hydrogens is 432 g/mol. The van der Waals surface area contributed by atoms with Gasteiger partial charge in [-0.1, -0.05) is 0 Å². The van der Waals surface area contributed by atoms with Crippen LogP contribution in [0.1, 0.15) is 32.6 Å². The fourth-order valence-electron chi connectivity index (χ4n) is 2.38. The molecule has 0 saturated heterocycles. The van der Waals surface area contributed by atoms with Crippen LogP contribution >= 0.6 is 0 Å².